The Morgan fingerprint density at radius 2 is 2.09 bits per heavy atom. The van der Waals surface area contributed by atoms with Gasteiger partial charge in [-0.05, 0) is 66.5 Å². The predicted molar refractivity (Wildman–Crippen MR) is 83.3 cm³/mol. The average Bonchev–Trinajstić information content (AvgIpc) is 2.89. The number of rotatable bonds is 1. The van der Waals surface area contributed by atoms with Crippen LogP contribution in [0.5, 0.6) is 0 Å². The summed E-state index contributed by atoms with van der Waals surface area (Å²) in [5, 5.41) is 9.15. The number of carboxylic acid groups (broad SMARTS) is 1. The second-order valence-electron chi connectivity index (χ2n) is 7.70. The molecule has 2 fully saturated rings. The number of Topliss-reactive ketones (excluding diaryl/α,β-unsaturated/α-hetero) is 1. The number of carboxylic acids is 1. The lowest BCUT2D eigenvalue weighted by molar-refractivity contribution is 0.0527. The number of ketones is 1. The van der Waals surface area contributed by atoms with Crippen LogP contribution in [0.1, 0.15) is 77.6 Å². The normalized spacial score (nSPS) is 36.4. The van der Waals surface area contributed by atoms with Crippen molar-refractivity contribution in [3.05, 3.63) is 34.9 Å². The van der Waals surface area contributed by atoms with Gasteiger partial charge in [-0.25, -0.2) is 4.79 Å². The minimum Gasteiger partial charge on any atom is -0.478 e. The number of benzene rings is 1. The number of fused-ring (bicyclic) bond motifs is 5. The first-order valence-corrected chi connectivity index (χ1v) is 8.40. The highest BCUT2D eigenvalue weighted by Gasteiger charge is 2.51. The van der Waals surface area contributed by atoms with Gasteiger partial charge < -0.3 is 5.11 Å². The summed E-state index contributed by atoms with van der Waals surface area (Å²) < 4.78 is 0. The summed E-state index contributed by atoms with van der Waals surface area (Å²) in [6, 6.07) is 5.17. The van der Waals surface area contributed by atoms with Gasteiger partial charge in [0.2, 0.25) is 0 Å². The minimum absolute atomic E-state index is 0.149. The van der Waals surface area contributed by atoms with Gasteiger partial charge in [0.15, 0.2) is 5.78 Å². The first-order chi connectivity index (χ1) is 10.5. The molecule has 0 amide bonds. The monoisotopic (exact) mass is 298 g/mol. The number of aromatic carboxylic acids is 1. The molecule has 0 bridgehead atoms. The van der Waals surface area contributed by atoms with Crippen molar-refractivity contribution in [2.75, 3.05) is 0 Å². The number of carbonyl (C=O) groups is 2. The molecule has 3 aliphatic carbocycles. The largest absolute Gasteiger partial charge is 0.478 e. The fraction of sp³-hybridized carbons (Fsp3) is 0.579. The summed E-state index contributed by atoms with van der Waals surface area (Å²) >= 11 is 0. The lowest BCUT2D eigenvalue weighted by Gasteiger charge is -2.48. The molecule has 1 N–H and O–H groups in total. The van der Waals surface area contributed by atoms with E-state index in [9.17, 15) is 9.59 Å². The van der Waals surface area contributed by atoms with Crippen molar-refractivity contribution in [2.24, 2.45) is 17.3 Å². The number of hydrogen-bond acceptors (Lipinski definition) is 2. The molecule has 116 valence electrons. The quantitative estimate of drug-likeness (QED) is 0.842. The SMILES string of the molecule is C[C@@]12CCC[C@H]1[C@@H]1CC(=O)c3cc(C(=O)O)ccc3[C@H]1CC2. The van der Waals surface area contributed by atoms with Gasteiger partial charge in [-0.1, -0.05) is 19.4 Å². The summed E-state index contributed by atoms with van der Waals surface area (Å²) in [4.78, 5) is 23.8. The summed E-state index contributed by atoms with van der Waals surface area (Å²) in [6.45, 7) is 2.41. The van der Waals surface area contributed by atoms with Crippen LogP contribution in [0, 0.1) is 17.3 Å². The Morgan fingerprint density at radius 1 is 1.27 bits per heavy atom. The van der Waals surface area contributed by atoms with Crippen molar-refractivity contribution in [2.45, 2.75) is 51.4 Å². The Balaban J connectivity index is 1.76. The van der Waals surface area contributed by atoms with E-state index in [2.05, 4.69) is 6.92 Å². The molecule has 3 aliphatic rings. The molecule has 0 saturated heterocycles. The second kappa shape index (κ2) is 4.68. The highest BCUT2D eigenvalue weighted by atomic mass is 16.4. The van der Waals surface area contributed by atoms with Crippen LogP contribution in [0.4, 0.5) is 0 Å². The topological polar surface area (TPSA) is 54.4 Å². The van der Waals surface area contributed by atoms with Crippen molar-refractivity contribution in [3.8, 4) is 0 Å². The highest BCUT2D eigenvalue weighted by Crippen LogP contribution is 2.60. The molecule has 4 atom stereocenters. The molecule has 3 nitrogen and oxygen atoms in total. The van der Waals surface area contributed by atoms with E-state index in [1.165, 1.54) is 25.7 Å². The van der Waals surface area contributed by atoms with Crippen LogP contribution in [0.25, 0.3) is 0 Å². The second-order valence-corrected chi connectivity index (χ2v) is 7.70. The van der Waals surface area contributed by atoms with Crippen LogP contribution in [-0.4, -0.2) is 16.9 Å². The Bertz CT molecular complexity index is 663. The Morgan fingerprint density at radius 3 is 2.86 bits per heavy atom. The maximum Gasteiger partial charge on any atom is 0.335 e. The van der Waals surface area contributed by atoms with Crippen LogP contribution >= 0.6 is 0 Å². The van der Waals surface area contributed by atoms with Crippen molar-refractivity contribution in [3.63, 3.8) is 0 Å². The molecule has 1 aromatic rings. The number of hydrogen-bond donors (Lipinski definition) is 1. The maximum atomic E-state index is 12.6. The third-order valence-corrected chi connectivity index (χ3v) is 6.64. The molecule has 3 heteroatoms. The zero-order valence-electron chi connectivity index (χ0n) is 13.0. The standard InChI is InChI=1S/C19H22O3/c1-19-7-2-3-16(19)14-10-17(20)15-9-11(18(21)22)4-5-12(15)13(14)6-8-19/h4-5,9,13-14,16H,2-3,6-8,10H2,1H3,(H,21,22)/t13-,14-,16+,19+/m1/s1. The molecule has 22 heavy (non-hydrogen) atoms. The molecular formula is C19H22O3. The molecule has 0 unspecified atom stereocenters. The minimum atomic E-state index is -0.954. The first kappa shape index (κ1) is 14.0. The van der Waals surface area contributed by atoms with Crippen molar-refractivity contribution >= 4 is 11.8 Å². The molecule has 0 spiro atoms. The van der Waals surface area contributed by atoms with Crippen LogP contribution in [0.3, 0.4) is 0 Å². The molecule has 0 radical (unpaired) electrons. The van der Waals surface area contributed by atoms with Crippen LogP contribution in [-0.2, 0) is 0 Å². The molecule has 4 rings (SSSR count). The van der Waals surface area contributed by atoms with Gasteiger partial charge in [-0.15, -0.1) is 0 Å². The lowest BCUT2D eigenvalue weighted by Crippen LogP contribution is -2.41. The van der Waals surface area contributed by atoms with Crippen LogP contribution in [0.2, 0.25) is 0 Å². The first-order valence-electron chi connectivity index (χ1n) is 8.40. The smallest absolute Gasteiger partial charge is 0.335 e. The van der Waals surface area contributed by atoms with Crippen molar-refractivity contribution < 1.29 is 14.7 Å². The van der Waals surface area contributed by atoms with Gasteiger partial charge in [0.05, 0.1) is 5.56 Å². The van der Waals surface area contributed by atoms with E-state index >= 15 is 0 Å². The van der Waals surface area contributed by atoms with E-state index in [1.807, 2.05) is 6.07 Å². The average molecular weight is 298 g/mol. The van der Waals surface area contributed by atoms with E-state index in [0.717, 1.165) is 12.0 Å². The fourth-order valence-electron chi connectivity index (χ4n) is 5.53. The van der Waals surface area contributed by atoms with E-state index in [4.69, 9.17) is 5.11 Å². The molecule has 0 heterocycles. The van der Waals surface area contributed by atoms with E-state index in [0.29, 0.717) is 35.2 Å². The van der Waals surface area contributed by atoms with Gasteiger partial charge in [0.1, 0.15) is 0 Å². The Hall–Kier alpha value is -1.64. The van der Waals surface area contributed by atoms with E-state index in [1.54, 1.807) is 12.1 Å². The van der Waals surface area contributed by atoms with Crippen molar-refractivity contribution in [1.29, 1.82) is 0 Å². The highest BCUT2D eigenvalue weighted by molar-refractivity contribution is 6.01. The third-order valence-electron chi connectivity index (χ3n) is 6.64. The lowest BCUT2D eigenvalue weighted by atomic mass is 9.55. The molecule has 0 aliphatic heterocycles. The molecule has 1 aromatic carbocycles. The van der Waals surface area contributed by atoms with Gasteiger partial charge in [0.25, 0.3) is 0 Å². The zero-order chi connectivity index (χ0) is 15.5. The van der Waals surface area contributed by atoms with Gasteiger partial charge in [-0.3, -0.25) is 4.79 Å². The zero-order valence-corrected chi connectivity index (χ0v) is 13.0. The Labute approximate surface area is 130 Å². The fourth-order valence-corrected chi connectivity index (χ4v) is 5.53. The van der Waals surface area contributed by atoms with Crippen LogP contribution < -0.4 is 0 Å². The molecule has 2 saturated carbocycles. The third kappa shape index (κ3) is 1.87. The maximum absolute atomic E-state index is 12.6. The van der Waals surface area contributed by atoms with Crippen LogP contribution in [0.15, 0.2) is 18.2 Å². The predicted octanol–water partition coefficient (Wildman–Crippen LogP) is 4.27. The van der Waals surface area contributed by atoms with Crippen molar-refractivity contribution in [1.82, 2.24) is 0 Å². The molecular weight excluding hydrogens is 276 g/mol. The summed E-state index contributed by atoms with van der Waals surface area (Å²) in [5.74, 6) is 0.784. The summed E-state index contributed by atoms with van der Waals surface area (Å²) in [5.41, 5.74) is 2.44. The van der Waals surface area contributed by atoms with Gasteiger partial charge in [-0.2, -0.15) is 0 Å². The Kier molecular flexibility index (Phi) is 2.97. The van der Waals surface area contributed by atoms with E-state index < -0.39 is 5.97 Å². The number of carbonyl (C=O) groups excluding carboxylic acids is 1. The molecule has 0 aromatic heterocycles. The van der Waals surface area contributed by atoms with Gasteiger partial charge >= 0.3 is 5.97 Å². The van der Waals surface area contributed by atoms with E-state index in [-0.39, 0.29) is 11.3 Å². The summed E-state index contributed by atoms with van der Waals surface area (Å²) in [7, 11) is 0. The van der Waals surface area contributed by atoms with Gasteiger partial charge in [0, 0.05) is 12.0 Å². The summed E-state index contributed by atoms with van der Waals surface area (Å²) in [6.07, 6.45) is 6.86.